The predicted octanol–water partition coefficient (Wildman–Crippen LogP) is 2.08. The fourth-order valence-electron chi connectivity index (χ4n) is 3.01. The Morgan fingerprint density at radius 2 is 1.62 bits per heavy atom. The summed E-state index contributed by atoms with van der Waals surface area (Å²) < 4.78 is 53.8. The quantitative estimate of drug-likeness (QED) is 0.609. The van der Waals surface area contributed by atoms with Crippen LogP contribution in [0.2, 0.25) is 0 Å². The second kappa shape index (κ2) is 9.66. The van der Waals surface area contributed by atoms with Gasteiger partial charge >= 0.3 is 0 Å². The lowest BCUT2D eigenvalue weighted by molar-refractivity contribution is 0.600. The fourth-order valence-corrected chi connectivity index (χ4v) is 4.68. The van der Waals surface area contributed by atoms with Crippen molar-refractivity contribution in [2.45, 2.75) is 11.3 Å². The van der Waals surface area contributed by atoms with Gasteiger partial charge in [-0.25, -0.2) is 16.8 Å². The Morgan fingerprint density at radius 3 is 2.31 bits per heavy atom. The molecule has 29 heavy (non-hydrogen) atoms. The maximum absolute atomic E-state index is 12.8. The standard InChI is InChI=1S/C18H24N4O4S2.ClH/c1-27(23,24)20-17-9-8-15(22-12-5-10-19-11-13-22)14-18(17)21-28(25,26)16-6-3-2-4-7-16;/h2-4,6-9,14,19-21H,5,10-13H2,1H3;1H. The topological polar surface area (TPSA) is 108 Å². The van der Waals surface area contributed by atoms with Gasteiger partial charge in [-0.2, -0.15) is 0 Å². The first-order valence-electron chi connectivity index (χ1n) is 8.90. The highest BCUT2D eigenvalue weighted by Gasteiger charge is 2.19. The molecule has 1 aliphatic rings. The third kappa shape index (κ3) is 6.49. The molecule has 8 nitrogen and oxygen atoms in total. The molecule has 1 heterocycles. The normalized spacial score (nSPS) is 15.1. The molecule has 2 aromatic rings. The lowest BCUT2D eigenvalue weighted by atomic mass is 10.2. The maximum Gasteiger partial charge on any atom is 0.261 e. The van der Waals surface area contributed by atoms with E-state index in [0.717, 1.165) is 44.5 Å². The van der Waals surface area contributed by atoms with Gasteiger partial charge in [0.05, 0.1) is 22.5 Å². The van der Waals surface area contributed by atoms with Gasteiger partial charge in [-0.3, -0.25) is 9.44 Å². The fraction of sp³-hybridized carbons (Fsp3) is 0.333. The number of nitrogens with zero attached hydrogens (tertiary/aromatic N) is 1. The first kappa shape index (κ1) is 23.3. The van der Waals surface area contributed by atoms with Crippen molar-refractivity contribution in [1.29, 1.82) is 0 Å². The first-order valence-corrected chi connectivity index (χ1v) is 12.3. The summed E-state index contributed by atoms with van der Waals surface area (Å²) in [6.07, 6.45) is 1.99. The van der Waals surface area contributed by atoms with Crippen LogP contribution in [0.15, 0.2) is 53.4 Å². The van der Waals surface area contributed by atoms with E-state index in [9.17, 15) is 16.8 Å². The summed E-state index contributed by atoms with van der Waals surface area (Å²) in [4.78, 5) is 2.24. The molecular formula is C18H25ClN4O4S2. The predicted molar refractivity (Wildman–Crippen MR) is 119 cm³/mol. The number of benzene rings is 2. The average Bonchev–Trinajstić information content (AvgIpc) is 2.92. The zero-order chi connectivity index (χ0) is 20.2. The summed E-state index contributed by atoms with van der Waals surface area (Å²) in [6.45, 7) is 3.37. The Hall–Kier alpha value is -2.01. The van der Waals surface area contributed by atoms with Gasteiger partial charge in [-0.05, 0) is 43.3 Å². The number of hydrogen-bond acceptors (Lipinski definition) is 6. The minimum Gasteiger partial charge on any atom is -0.370 e. The van der Waals surface area contributed by atoms with Crippen LogP contribution in [0.3, 0.4) is 0 Å². The Labute approximate surface area is 178 Å². The van der Waals surface area contributed by atoms with Crippen LogP contribution in [0.25, 0.3) is 0 Å². The molecule has 0 amide bonds. The van der Waals surface area contributed by atoms with E-state index >= 15 is 0 Å². The van der Waals surface area contributed by atoms with Gasteiger partial charge in [0, 0.05) is 25.3 Å². The van der Waals surface area contributed by atoms with Crippen molar-refractivity contribution in [2.75, 3.05) is 46.8 Å². The minimum atomic E-state index is -3.86. The Morgan fingerprint density at radius 1 is 0.897 bits per heavy atom. The molecule has 2 aromatic carbocycles. The molecule has 3 N–H and O–H groups in total. The molecule has 1 aliphatic heterocycles. The Balaban J connectivity index is 0.00000300. The van der Waals surface area contributed by atoms with Gasteiger partial charge in [0.2, 0.25) is 10.0 Å². The van der Waals surface area contributed by atoms with Gasteiger partial charge in [-0.15, -0.1) is 12.4 Å². The molecule has 0 aromatic heterocycles. The molecule has 1 saturated heterocycles. The molecule has 160 valence electrons. The van der Waals surface area contributed by atoms with Crippen LogP contribution in [0.4, 0.5) is 17.1 Å². The minimum absolute atomic E-state index is 0. The summed E-state index contributed by atoms with van der Waals surface area (Å²) in [5.74, 6) is 0. The molecule has 0 unspecified atom stereocenters. The summed E-state index contributed by atoms with van der Waals surface area (Å²) in [6, 6.07) is 13.0. The third-order valence-electron chi connectivity index (χ3n) is 4.30. The van der Waals surface area contributed by atoms with Gasteiger partial charge < -0.3 is 10.2 Å². The largest absolute Gasteiger partial charge is 0.370 e. The number of halogens is 1. The lowest BCUT2D eigenvalue weighted by Crippen LogP contribution is -2.28. The summed E-state index contributed by atoms with van der Waals surface area (Å²) in [5.41, 5.74) is 1.19. The molecular weight excluding hydrogens is 436 g/mol. The van der Waals surface area contributed by atoms with Crippen LogP contribution in [-0.4, -0.2) is 49.3 Å². The van der Waals surface area contributed by atoms with E-state index in [4.69, 9.17) is 0 Å². The van der Waals surface area contributed by atoms with E-state index < -0.39 is 20.0 Å². The van der Waals surface area contributed by atoms with Crippen molar-refractivity contribution in [3.8, 4) is 0 Å². The van der Waals surface area contributed by atoms with E-state index in [1.54, 1.807) is 36.4 Å². The van der Waals surface area contributed by atoms with Crippen molar-refractivity contribution in [1.82, 2.24) is 5.32 Å². The summed E-state index contributed by atoms with van der Waals surface area (Å²) in [7, 11) is -7.43. The van der Waals surface area contributed by atoms with Crippen LogP contribution < -0.4 is 19.7 Å². The van der Waals surface area contributed by atoms with Crippen LogP contribution in [-0.2, 0) is 20.0 Å². The molecule has 3 rings (SSSR count). The number of anilines is 3. The van der Waals surface area contributed by atoms with E-state index in [2.05, 4.69) is 19.7 Å². The van der Waals surface area contributed by atoms with Crippen molar-refractivity contribution >= 4 is 49.5 Å². The molecule has 0 spiro atoms. The van der Waals surface area contributed by atoms with Crippen molar-refractivity contribution < 1.29 is 16.8 Å². The Bertz CT molecular complexity index is 1020. The highest BCUT2D eigenvalue weighted by Crippen LogP contribution is 2.31. The van der Waals surface area contributed by atoms with Crippen LogP contribution in [0.5, 0.6) is 0 Å². The smallest absolute Gasteiger partial charge is 0.261 e. The molecule has 11 heteroatoms. The molecule has 0 radical (unpaired) electrons. The Kier molecular flexibility index (Phi) is 7.75. The number of rotatable bonds is 6. The second-order valence-electron chi connectivity index (χ2n) is 6.61. The highest BCUT2D eigenvalue weighted by atomic mass is 35.5. The second-order valence-corrected chi connectivity index (χ2v) is 10.0. The SMILES string of the molecule is CS(=O)(=O)Nc1ccc(N2CCCNCC2)cc1NS(=O)(=O)c1ccccc1.Cl. The maximum atomic E-state index is 12.8. The third-order valence-corrected chi connectivity index (χ3v) is 6.27. The average molecular weight is 461 g/mol. The lowest BCUT2D eigenvalue weighted by Gasteiger charge is -2.24. The first-order chi connectivity index (χ1) is 13.2. The number of sulfonamides is 2. The van der Waals surface area contributed by atoms with Gasteiger partial charge in [-0.1, -0.05) is 18.2 Å². The van der Waals surface area contributed by atoms with E-state index in [1.165, 1.54) is 12.1 Å². The van der Waals surface area contributed by atoms with Crippen molar-refractivity contribution in [3.05, 3.63) is 48.5 Å². The van der Waals surface area contributed by atoms with Gasteiger partial charge in [0.25, 0.3) is 10.0 Å². The van der Waals surface area contributed by atoms with Gasteiger partial charge in [0.1, 0.15) is 0 Å². The monoisotopic (exact) mass is 460 g/mol. The molecule has 0 bridgehead atoms. The van der Waals surface area contributed by atoms with Crippen molar-refractivity contribution in [2.24, 2.45) is 0 Å². The zero-order valence-electron chi connectivity index (χ0n) is 16.0. The molecule has 0 atom stereocenters. The van der Waals surface area contributed by atoms with Gasteiger partial charge in [0.15, 0.2) is 0 Å². The molecule has 1 fully saturated rings. The van der Waals surface area contributed by atoms with E-state index in [1.807, 2.05) is 0 Å². The summed E-state index contributed by atoms with van der Waals surface area (Å²) >= 11 is 0. The van der Waals surface area contributed by atoms with Crippen LogP contribution in [0.1, 0.15) is 6.42 Å². The van der Waals surface area contributed by atoms with E-state index in [0.29, 0.717) is 0 Å². The zero-order valence-corrected chi connectivity index (χ0v) is 18.4. The molecule has 0 aliphatic carbocycles. The summed E-state index contributed by atoms with van der Waals surface area (Å²) in [5, 5.41) is 3.32. The van der Waals surface area contributed by atoms with Crippen LogP contribution >= 0.6 is 12.4 Å². The highest BCUT2D eigenvalue weighted by molar-refractivity contribution is 7.93. The molecule has 0 saturated carbocycles. The van der Waals surface area contributed by atoms with E-state index in [-0.39, 0.29) is 28.7 Å². The van der Waals surface area contributed by atoms with Crippen LogP contribution in [0, 0.1) is 0 Å². The number of nitrogens with one attached hydrogen (secondary N) is 3. The number of hydrogen-bond donors (Lipinski definition) is 3. The van der Waals surface area contributed by atoms with Crippen molar-refractivity contribution in [3.63, 3.8) is 0 Å².